The van der Waals surface area contributed by atoms with Crippen LogP contribution in [-0.4, -0.2) is 22.9 Å². The number of epoxide rings is 1. The van der Waals surface area contributed by atoms with Crippen molar-refractivity contribution in [2.24, 2.45) is 46.3 Å². The van der Waals surface area contributed by atoms with Crippen LogP contribution in [0.5, 0.6) is 0 Å². The van der Waals surface area contributed by atoms with Crippen molar-refractivity contribution in [1.82, 2.24) is 0 Å². The van der Waals surface area contributed by atoms with Gasteiger partial charge in [-0.1, -0.05) is 53.9 Å². The summed E-state index contributed by atoms with van der Waals surface area (Å²) in [6, 6.07) is 0. The van der Waals surface area contributed by atoms with Crippen molar-refractivity contribution in [3.63, 3.8) is 0 Å². The van der Waals surface area contributed by atoms with Crippen LogP contribution in [0.1, 0.15) is 105 Å². The monoisotopic (exact) mass is 402 g/mol. The molecule has 29 heavy (non-hydrogen) atoms. The normalized spacial score (nSPS) is 54.3. The zero-order valence-corrected chi connectivity index (χ0v) is 19.8. The fourth-order valence-electron chi connectivity index (χ4n) is 9.68. The van der Waals surface area contributed by atoms with Crippen LogP contribution >= 0.6 is 0 Å². The maximum atomic E-state index is 10.4. The minimum Gasteiger partial charge on any atom is -0.393 e. The Hall–Kier alpha value is -0.0800. The number of aliphatic hydroxyl groups excluding tert-OH is 1. The molecule has 0 radical (unpaired) electrons. The highest BCUT2D eigenvalue weighted by Crippen LogP contribution is 2.74. The Bertz CT molecular complexity index is 630. The van der Waals surface area contributed by atoms with Gasteiger partial charge in [-0.15, -0.1) is 0 Å². The molecule has 3 unspecified atom stereocenters. The summed E-state index contributed by atoms with van der Waals surface area (Å²) < 4.78 is 6.51. The van der Waals surface area contributed by atoms with Crippen LogP contribution in [0.25, 0.3) is 0 Å². The molecule has 0 aromatic carbocycles. The molecule has 5 rings (SSSR count). The zero-order valence-electron chi connectivity index (χ0n) is 19.8. The number of hydrogen-bond donors (Lipinski definition) is 1. The topological polar surface area (TPSA) is 32.8 Å². The lowest BCUT2D eigenvalue weighted by Gasteiger charge is -2.59. The van der Waals surface area contributed by atoms with Crippen LogP contribution in [0, 0.1) is 46.3 Å². The van der Waals surface area contributed by atoms with E-state index < -0.39 is 0 Å². The standard InChI is InChI=1S/C27H46O2/c1-17(2)7-6-8-18(3)21-9-10-22-20-15-24-27(29-24)16-19(28)11-14-26(27,5)23(20)12-13-25(21,22)4/h17-24,28H,6-16H2,1-5H3/t18-,19?,20+,21-,22+,23+,24?,25-,26-,27?/m1/s1. The van der Waals surface area contributed by atoms with E-state index in [1.807, 2.05) is 0 Å². The second-order valence-electron chi connectivity index (χ2n) is 13.0. The Labute approximate surface area is 179 Å². The van der Waals surface area contributed by atoms with E-state index in [2.05, 4.69) is 34.6 Å². The Morgan fingerprint density at radius 2 is 1.76 bits per heavy atom. The Morgan fingerprint density at radius 1 is 0.966 bits per heavy atom. The molecule has 4 aliphatic carbocycles. The van der Waals surface area contributed by atoms with Crippen molar-refractivity contribution in [3.8, 4) is 0 Å². The SMILES string of the molecule is CC(C)CCC[C@@H](C)[C@H]1CC[C@H]2[C@@H]3CC4OC45CC(O)CC[C@]5(C)[C@H]3CC[C@]12C. The average Bonchev–Trinajstić information content (AvgIpc) is 3.22. The summed E-state index contributed by atoms with van der Waals surface area (Å²) in [4.78, 5) is 0. The van der Waals surface area contributed by atoms with Gasteiger partial charge in [0.15, 0.2) is 0 Å². The van der Waals surface area contributed by atoms with E-state index in [1.165, 1.54) is 57.8 Å². The highest BCUT2D eigenvalue weighted by atomic mass is 16.6. The van der Waals surface area contributed by atoms with Crippen LogP contribution in [0.15, 0.2) is 0 Å². The van der Waals surface area contributed by atoms with Crippen LogP contribution in [-0.2, 0) is 4.74 Å². The number of ether oxygens (including phenoxy) is 1. The third-order valence-corrected chi connectivity index (χ3v) is 11.3. The molecule has 0 aromatic heterocycles. The van der Waals surface area contributed by atoms with Crippen molar-refractivity contribution < 1.29 is 9.84 Å². The molecule has 1 aliphatic heterocycles. The quantitative estimate of drug-likeness (QED) is 0.525. The van der Waals surface area contributed by atoms with Gasteiger partial charge in [0, 0.05) is 11.8 Å². The van der Waals surface area contributed by atoms with Gasteiger partial charge in [0.25, 0.3) is 0 Å². The molecule has 0 aromatic rings. The fourth-order valence-corrected chi connectivity index (χ4v) is 9.68. The molecule has 2 heteroatoms. The van der Waals surface area contributed by atoms with Crippen molar-refractivity contribution in [1.29, 1.82) is 0 Å². The molecule has 0 bridgehead atoms. The lowest BCUT2D eigenvalue weighted by molar-refractivity contribution is -0.116. The number of rotatable bonds is 5. The first-order chi connectivity index (χ1) is 13.7. The Morgan fingerprint density at radius 3 is 2.52 bits per heavy atom. The van der Waals surface area contributed by atoms with E-state index in [4.69, 9.17) is 4.74 Å². The molecule has 4 saturated carbocycles. The molecule has 2 nitrogen and oxygen atoms in total. The van der Waals surface area contributed by atoms with Gasteiger partial charge in [0.05, 0.1) is 12.2 Å². The second kappa shape index (κ2) is 6.96. The maximum Gasteiger partial charge on any atom is 0.103 e. The molecule has 1 saturated heterocycles. The lowest BCUT2D eigenvalue weighted by atomic mass is 9.44. The third kappa shape index (κ3) is 2.94. The molecular formula is C27H46O2. The van der Waals surface area contributed by atoms with E-state index in [9.17, 15) is 5.11 Å². The number of fused-ring (bicyclic) bond motifs is 4. The molecule has 10 atom stereocenters. The van der Waals surface area contributed by atoms with Gasteiger partial charge in [-0.3, -0.25) is 0 Å². The highest BCUT2D eigenvalue weighted by Gasteiger charge is 2.76. The summed E-state index contributed by atoms with van der Waals surface area (Å²) in [5.41, 5.74) is 0.932. The average molecular weight is 403 g/mol. The zero-order chi connectivity index (χ0) is 20.6. The summed E-state index contributed by atoms with van der Waals surface area (Å²) in [6.07, 6.45) is 14.8. The van der Waals surface area contributed by atoms with Crippen LogP contribution in [0.4, 0.5) is 0 Å². The van der Waals surface area contributed by atoms with Crippen LogP contribution in [0.3, 0.4) is 0 Å². The largest absolute Gasteiger partial charge is 0.393 e. The molecule has 1 N–H and O–H groups in total. The fraction of sp³-hybridized carbons (Fsp3) is 1.00. The van der Waals surface area contributed by atoms with Crippen molar-refractivity contribution in [3.05, 3.63) is 0 Å². The van der Waals surface area contributed by atoms with Crippen molar-refractivity contribution in [2.45, 2.75) is 123 Å². The smallest absolute Gasteiger partial charge is 0.103 e. The Balaban J connectivity index is 1.33. The van der Waals surface area contributed by atoms with Crippen molar-refractivity contribution in [2.75, 3.05) is 0 Å². The summed E-state index contributed by atoms with van der Waals surface area (Å²) in [5, 5.41) is 10.4. The molecule has 5 aliphatic rings. The molecule has 0 amide bonds. The summed E-state index contributed by atoms with van der Waals surface area (Å²) >= 11 is 0. The lowest BCUT2D eigenvalue weighted by Crippen LogP contribution is -2.58. The highest BCUT2D eigenvalue weighted by molar-refractivity contribution is 5.24. The van der Waals surface area contributed by atoms with Gasteiger partial charge in [0.1, 0.15) is 5.60 Å². The van der Waals surface area contributed by atoms with Gasteiger partial charge >= 0.3 is 0 Å². The first-order valence-electron chi connectivity index (χ1n) is 13.1. The minimum atomic E-state index is -0.124. The van der Waals surface area contributed by atoms with Crippen molar-refractivity contribution >= 4 is 0 Å². The second-order valence-corrected chi connectivity index (χ2v) is 13.0. The molecule has 166 valence electrons. The summed E-state index contributed by atoms with van der Waals surface area (Å²) in [5.74, 6) is 5.31. The van der Waals surface area contributed by atoms with Crippen LogP contribution < -0.4 is 0 Å². The van der Waals surface area contributed by atoms with Crippen LogP contribution in [0.2, 0.25) is 0 Å². The van der Waals surface area contributed by atoms with E-state index in [0.717, 1.165) is 48.3 Å². The van der Waals surface area contributed by atoms with E-state index in [-0.39, 0.29) is 11.7 Å². The maximum absolute atomic E-state index is 10.4. The molecule has 1 heterocycles. The predicted octanol–water partition coefficient (Wildman–Crippen LogP) is 6.60. The summed E-state index contributed by atoms with van der Waals surface area (Å²) in [6.45, 7) is 12.6. The van der Waals surface area contributed by atoms with E-state index >= 15 is 0 Å². The Kier molecular flexibility index (Phi) is 4.99. The van der Waals surface area contributed by atoms with E-state index in [1.54, 1.807) is 0 Å². The number of hydrogen-bond acceptors (Lipinski definition) is 2. The molecular weight excluding hydrogens is 356 g/mol. The number of aliphatic hydroxyl groups is 1. The first kappa shape index (κ1) is 20.8. The molecule has 1 spiro atoms. The minimum absolute atomic E-state index is 0.0434. The van der Waals surface area contributed by atoms with E-state index in [0.29, 0.717) is 16.9 Å². The van der Waals surface area contributed by atoms with Gasteiger partial charge in [-0.25, -0.2) is 0 Å². The molecule has 5 fully saturated rings. The van der Waals surface area contributed by atoms with Gasteiger partial charge < -0.3 is 9.84 Å². The summed E-state index contributed by atoms with van der Waals surface area (Å²) in [7, 11) is 0. The predicted molar refractivity (Wildman–Crippen MR) is 119 cm³/mol. The first-order valence-corrected chi connectivity index (χ1v) is 13.1. The van der Waals surface area contributed by atoms with Gasteiger partial charge in [0.2, 0.25) is 0 Å². The third-order valence-electron chi connectivity index (χ3n) is 11.3. The van der Waals surface area contributed by atoms with Gasteiger partial charge in [-0.2, -0.15) is 0 Å². The van der Waals surface area contributed by atoms with Gasteiger partial charge in [-0.05, 0) is 85.9 Å².